The van der Waals surface area contributed by atoms with Crippen LogP contribution in [-0.4, -0.2) is 49.2 Å². The Morgan fingerprint density at radius 2 is 1.17 bits per heavy atom. The van der Waals surface area contributed by atoms with Gasteiger partial charge in [0.15, 0.2) is 0 Å². The van der Waals surface area contributed by atoms with Crippen LogP contribution < -0.4 is 0 Å². The van der Waals surface area contributed by atoms with Crippen molar-refractivity contribution in [2.75, 3.05) is 37.2 Å². The van der Waals surface area contributed by atoms with Gasteiger partial charge in [0.05, 0.1) is 25.7 Å². The van der Waals surface area contributed by atoms with Crippen LogP contribution in [0, 0.1) is 0 Å². The van der Waals surface area contributed by atoms with Crippen LogP contribution in [0.3, 0.4) is 0 Å². The van der Waals surface area contributed by atoms with Crippen molar-refractivity contribution in [3.05, 3.63) is 0 Å². The first-order valence-electron chi connectivity index (χ1n) is 5.99. The van der Waals surface area contributed by atoms with Crippen LogP contribution in [-0.2, 0) is 19.1 Å². The predicted molar refractivity (Wildman–Crippen MR) is 77.2 cm³/mol. The monoisotopic (exact) mass is 294 g/mol. The highest BCUT2D eigenvalue weighted by molar-refractivity contribution is 8.00. The van der Waals surface area contributed by atoms with Crippen LogP contribution in [0.4, 0.5) is 0 Å². The largest absolute Gasteiger partial charge is 0.468 e. The van der Waals surface area contributed by atoms with E-state index in [9.17, 15) is 9.59 Å². The van der Waals surface area contributed by atoms with Crippen molar-refractivity contribution in [2.45, 2.75) is 25.7 Å². The average molecular weight is 294 g/mol. The van der Waals surface area contributed by atoms with E-state index in [-0.39, 0.29) is 11.9 Å². The van der Waals surface area contributed by atoms with Crippen LogP contribution >= 0.6 is 23.5 Å². The van der Waals surface area contributed by atoms with Crippen LogP contribution in [0.25, 0.3) is 0 Å². The zero-order valence-corrected chi connectivity index (χ0v) is 12.7. The predicted octanol–water partition coefficient (Wildman–Crippen LogP) is 2.36. The highest BCUT2D eigenvalue weighted by Crippen LogP contribution is 2.10. The molecule has 0 rings (SSSR count). The van der Waals surface area contributed by atoms with Gasteiger partial charge in [-0.15, -0.1) is 0 Å². The molecule has 0 aromatic heterocycles. The number of ether oxygens (including phenoxy) is 2. The Morgan fingerprint density at radius 1 is 0.778 bits per heavy atom. The standard InChI is InChI=1S/C12H22O4S2/c1-15-11(13)9-17-7-5-3-4-6-8-18-10-12(14)16-2/h3-10H2,1-2H3. The van der Waals surface area contributed by atoms with Crippen LogP contribution in [0.1, 0.15) is 25.7 Å². The zero-order chi connectivity index (χ0) is 13.6. The molecule has 0 radical (unpaired) electrons. The molecule has 0 bridgehead atoms. The van der Waals surface area contributed by atoms with E-state index in [1.807, 2.05) is 0 Å². The highest BCUT2D eigenvalue weighted by atomic mass is 32.2. The SMILES string of the molecule is COC(=O)CSCCCCCCSCC(=O)OC. The summed E-state index contributed by atoms with van der Waals surface area (Å²) in [5.41, 5.74) is 0. The maximum atomic E-state index is 10.8. The molecule has 106 valence electrons. The Hall–Kier alpha value is -0.360. The lowest BCUT2D eigenvalue weighted by Gasteiger charge is -2.02. The lowest BCUT2D eigenvalue weighted by atomic mass is 10.2. The summed E-state index contributed by atoms with van der Waals surface area (Å²) in [7, 11) is 2.82. The van der Waals surface area contributed by atoms with E-state index < -0.39 is 0 Å². The molecule has 4 nitrogen and oxygen atoms in total. The molecule has 18 heavy (non-hydrogen) atoms. The molecular weight excluding hydrogens is 272 g/mol. The molecule has 0 aromatic carbocycles. The summed E-state index contributed by atoms with van der Waals surface area (Å²) in [5.74, 6) is 2.60. The van der Waals surface area contributed by atoms with Gasteiger partial charge in [-0.25, -0.2) is 0 Å². The molecule has 0 N–H and O–H groups in total. The molecule has 0 fully saturated rings. The van der Waals surface area contributed by atoms with Crippen molar-refractivity contribution in [3.63, 3.8) is 0 Å². The molecule has 0 unspecified atom stereocenters. The van der Waals surface area contributed by atoms with Gasteiger partial charge in [0, 0.05) is 0 Å². The molecule has 6 heteroatoms. The smallest absolute Gasteiger partial charge is 0.315 e. The first-order valence-corrected chi connectivity index (χ1v) is 8.30. The normalized spacial score (nSPS) is 10.1. The summed E-state index contributed by atoms with van der Waals surface area (Å²) >= 11 is 3.24. The molecule has 0 aliphatic rings. The minimum atomic E-state index is -0.154. The summed E-state index contributed by atoms with van der Waals surface area (Å²) in [4.78, 5) is 21.6. The summed E-state index contributed by atoms with van der Waals surface area (Å²) in [6.45, 7) is 0. The van der Waals surface area contributed by atoms with Crippen molar-refractivity contribution in [1.82, 2.24) is 0 Å². The first kappa shape index (κ1) is 17.6. The zero-order valence-electron chi connectivity index (χ0n) is 11.1. The number of rotatable bonds is 11. The summed E-state index contributed by atoms with van der Waals surface area (Å²) in [6, 6.07) is 0. The molecular formula is C12H22O4S2. The van der Waals surface area contributed by atoms with Crippen LogP contribution in [0.5, 0.6) is 0 Å². The van der Waals surface area contributed by atoms with Gasteiger partial charge in [-0.1, -0.05) is 12.8 Å². The number of unbranched alkanes of at least 4 members (excludes halogenated alkanes) is 3. The minimum absolute atomic E-state index is 0.154. The van der Waals surface area contributed by atoms with Gasteiger partial charge in [0.1, 0.15) is 0 Å². The van der Waals surface area contributed by atoms with Crippen molar-refractivity contribution < 1.29 is 19.1 Å². The Balaban J connectivity index is 3.07. The molecule has 0 spiro atoms. The molecule has 0 saturated heterocycles. The maximum absolute atomic E-state index is 10.8. The molecule has 0 aliphatic heterocycles. The third-order valence-electron chi connectivity index (χ3n) is 2.22. The third-order valence-corrected chi connectivity index (χ3v) is 4.26. The summed E-state index contributed by atoms with van der Waals surface area (Å²) in [6.07, 6.45) is 4.60. The number of hydrogen-bond acceptors (Lipinski definition) is 6. The molecule has 0 aliphatic carbocycles. The third kappa shape index (κ3) is 12.1. The second-order valence-electron chi connectivity index (χ2n) is 3.67. The minimum Gasteiger partial charge on any atom is -0.468 e. The van der Waals surface area contributed by atoms with Crippen LogP contribution in [0.15, 0.2) is 0 Å². The van der Waals surface area contributed by atoms with Gasteiger partial charge >= 0.3 is 11.9 Å². The fraction of sp³-hybridized carbons (Fsp3) is 0.833. The summed E-state index contributed by atoms with van der Waals surface area (Å²) in [5, 5.41) is 0. The lowest BCUT2D eigenvalue weighted by molar-refractivity contribution is -0.138. The van der Waals surface area contributed by atoms with Crippen molar-refractivity contribution in [3.8, 4) is 0 Å². The Labute approximate surface area is 118 Å². The first-order chi connectivity index (χ1) is 8.70. The Kier molecular flexibility index (Phi) is 12.8. The van der Waals surface area contributed by atoms with E-state index >= 15 is 0 Å². The molecule has 0 atom stereocenters. The van der Waals surface area contributed by atoms with E-state index in [1.54, 1.807) is 23.5 Å². The molecule has 0 amide bonds. The number of carbonyl (C=O) groups is 2. The molecule has 0 heterocycles. The Bertz CT molecular complexity index is 210. The van der Waals surface area contributed by atoms with Crippen molar-refractivity contribution >= 4 is 35.5 Å². The van der Waals surface area contributed by atoms with Crippen molar-refractivity contribution in [1.29, 1.82) is 0 Å². The van der Waals surface area contributed by atoms with Crippen molar-refractivity contribution in [2.24, 2.45) is 0 Å². The second-order valence-corrected chi connectivity index (χ2v) is 5.88. The highest BCUT2D eigenvalue weighted by Gasteiger charge is 2.00. The molecule has 0 aromatic rings. The number of methoxy groups -OCH3 is 2. The lowest BCUT2D eigenvalue weighted by Crippen LogP contribution is -2.04. The van der Waals surface area contributed by atoms with Gasteiger partial charge in [0.2, 0.25) is 0 Å². The van der Waals surface area contributed by atoms with Crippen LogP contribution in [0.2, 0.25) is 0 Å². The van der Waals surface area contributed by atoms with Gasteiger partial charge in [-0.2, -0.15) is 23.5 Å². The van der Waals surface area contributed by atoms with E-state index in [0.29, 0.717) is 11.5 Å². The van der Waals surface area contributed by atoms with E-state index in [0.717, 1.165) is 24.3 Å². The maximum Gasteiger partial charge on any atom is 0.315 e. The van der Waals surface area contributed by atoms with E-state index in [4.69, 9.17) is 0 Å². The number of hydrogen-bond donors (Lipinski definition) is 0. The molecule has 0 saturated carbocycles. The number of thioether (sulfide) groups is 2. The summed E-state index contributed by atoms with van der Waals surface area (Å²) < 4.78 is 9.10. The quantitative estimate of drug-likeness (QED) is 0.431. The fourth-order valence-electron chi connectivity index (χ4n) is 1.19. The number of carbonyl (C=O) groups excluding carboxylic acids is 2. The van der Waals surface area contributed by atoms with Gasteiger partial charge < -0.3 is 9.47 Å². The second kappa shape index (κ2) is 13.1. The average Bonchev–Trinajstić information content (AvgIpc) is 2.40. The topological polar surface area (TPSA) is 52.6 Å². The van der Waals surface area contributed by atoms with E-state index in [1.165, 1.54) is 27.1 Å². The van der Waals surface area contributed by atoms with E-state index in [2.05, 4.69) is 9.47 Å². The van der Waals surface area contributed by atoms with Gasteiger partial charge in [-0.05, 0) is 24.3 Å². The Morgan fingerprint density at radius 3 is 1.50 bits per heavy atom. The van der Waals surface area contributed by atoms with Gasteiger partial charge in [-0.3, -0.25) is 9.59 Å². The fourth-order valence-corrected chi connectivity index (χ4v) is 2.86. The van der Waals surface area contributed by atoms with Gasteiger partial charge in [0.25, 0.3) is 0 Å². The number of esters is 2.